The summed E-state index contributed by atoms with van der Waals surface area (Å²) in [4.78, 5) is 5.66. The molecule has 0 fully saturated rings. The number of hydrogen-bond acceptors (Lipinski definition) is 3. The smallest absolute Gasteiger partial charge is 0.128 e. The maximum Gasteiger partial charge on any atom is 0.128 e. The fraction of sp³-hybridized carbons (Fsp3) is 0.417. The van der Waals surface area contributed by atoms with Gasteiger partial charge in [-0.25, -0.2) is 4.98 Å². The van der Waals surface area contributed by atoms with Crippen LogP contribution in [0.25, 0.3) is 0 Å². The van der Waals surface area contributed by atoms with E-state index in [-0.39, 0.29) is 0 Å². The zero-order valence-electron chi connectivity index (χ0n) is 10.0. The van der Waals surface area contributed by atoms with Crippen molar-refractivity contribution in [2.24, 2.45) is 7.05 Å². The van der Waals surface area contributed by atoms with Gasteiger partial charge in [-0.3, -0.25) is 0 Å². The van der Waals surface area contributed by atoms with Crippen LogP contribution < -0.4 is 5.32 Å². The number of nitrogens with zero attached hydrogens (tertiary/aromatic N) is 2. The molecule has 0 amide bonds. The van der Waals surface area contributed by atoms with E-state index in [2.05, 4.69) is 28.7 Å². The fourth-order valence-corrected chi connectivity index (χ4v) is 2.81. The van der Waals surface area contributed by atoms with E-state index in [1.165, 1.54) is 10.4 Å². The molecule has 2 heterocycles. The van der Waals surface area contributed by atoms with Crippen LogP contribution in [0.15, 0.2) is 17.6 Å². The third-order valence-corrected chi connectivity index (χ3v) is 4.13. The van der Waals surface area contributed by atoms with Crippen LogP contribution in [-0.4, -0.2) is 9.55 Å². The topological polar surface area (TPSA) is 29.9 Å². The third-order valence-electron chi connectivity index (χ3n) is 2.81. The number of imidazole rings is 1. The van der Waals surface area contributed by atoms with Crippen LogP contribution in [-0.2, 0) is 26.6 Å². The Kier molecular flexibility index (Phi) is 4.20. The van der Waals surface area contributed by atoms with Crippen molar-refractivity contribution < 1.29 is 0 Å². The summed E-state index contributed by atoms with van der Waals surface area (Å²) in [5.74, 6) is 0.963. The molecule has 0 bridgehead atoms. The van der Waals surface area contributed by atoms with Gasteiger partial charge in [-0.15, -0.1) is 11.3 Å². The average Bonchev–Trinajstić information content (AvgIpc) is 2.90. The van der Waals surface area contributed by atoms with E-state index in [0.29, 0.717) is 5.15 Å². The van der Waals surface area contributed by atoms with Gasteiger partial charge in [0, 0.05) is 18.5 Å². The molecular formula is C12H16ClN3S. The van der Waals surface area contributed by atoms with Crippen molar-refractivity contribution in [3.05, 3.63) is 39.1 Å². The number of rotatable bonds is 5. The van der Waals surface area contributed by atoms with Gasteiger partial charge in [-0.1, -0.05) is 18.5 Å². The summed E-state index contributed by atoms with van der Waals surface area (Å²) in [5, 5.41) is 6.22. The second kappa shape index (κ2) is 5.67. The molecule has 0 aliphatic rings. The van der Waals surface area contributed by atoms with Gasteiger partial charge < -0.3 is 9.88 Å². The van der Waals surface area contributed by atoms with Gasteiger partial charge in [0.15, 0.2) is 0 Å². The Morgan fingerprint density at radius 1 is 1.47 bits per heavy atom. The van der Waals surface area contributed by atoms with Gasteiger partial charge >= 0.3 is 0 Å². The first kappa shape index (κ1) is 12.6. The maximum atomic E-state index is 5.93. The van der Waals surface area contributed by atoms with Crippen molar-refractivity contribution >= 4 is 22.9 Å². The van der Waals surface area contributed by atoms with E-state index in [9.17, 15) is 0 Å². The summed E-state index contributed by atoms with van der Waals surface area (Å²) in [7, 11) is 1.93. The predicted molar refractivity (Wildman–Crippen MR) is 72.5 cm³/mol. The minimum Gasteiger partial charge on any atom is -0.321 e. The molecule has 0 aromatic carbocycles. The van der Waals surface area contributed by atoms with Gasteiger partial charge in [0.2, 0.25) is 0 Å². The lowest BCUT2D eigenvalue weighted by atomic mass is 10.2. The molecule has 0 radical (unpaired) electrons. The Labute approximate surface area is 110 Å². The molecule has 0 aliphatic carbocycles. The molecule has 3 nitrogen and oxygen atoms in total. The number of halogens is 1. The van der Waals surface area contributed by atoms with E-state index >= 15 is 0 Å². The first-order valence-corrected chi connectivity index (χ1v) is 6.90. The lowest BCUT2D eigenvalue weighted by Crippen LogP contribution is -2.15. The molecular weight excluding hydrogens is 254 g/mol. The summed E-state index contributed by atoms with van der Waals surface area (Å²) < 4.78 is 1.89. The van der Waals surface area contributed by atoms with Crippen LogP contribution in [0.5, 0.6) is 0 Å². The van der Waals surface area contributed by atoms with Gasteiger partial charge in [0.1, 0.15) is 11.0 Å². The molecule has 0 saturated carbocycles. The second-order valence-corrected chi connectivity index (χ2v) is 5.27. The molecule has 0 aliphatic heterocycles. The molecule has 92 valence electrons. The molecule has 5 heteroatoms. The van der Waals surface area contributed by atoms with Crippen LogP contribution in [0.2, 0.25) is 5.15 Å². The summed E-state index contributed by atoms with van der Waals surface area (Å²) in [6.07, 6.45) is 2.77. The van der Waals surface area contributed by atoms with Crippen LogP contribution in [0, 0.1) is 0 Å². The fourth-order valence-electron chi connectivity index (χ4n) is 1.71. The van der Waals surface area contributed by atoms with E-state index in [1.54, 1.807) is 17.5 Å². The lowest BCUT2D eigenvalue weighted by Gasteiger charge is -2.05. The largest absolute Gasteiger partial charge is 0.321 e. The summed E-state index contributed by atoms with van der Waals surface area (Å²) in [5.41, 5.74) is 1.43. The molecule has 0 spiro atoms. The van der Waals surface area contributed by atoms with Crippen molar-refractivity contribution in [1.82, 2.24) is 14.9 Å². The molecule has 1 N–H and O–H groups in total. The maximum absolute atomic E-state index is 5.93. The highest BCUT2D eigenvalue weighted by Gasteiger charge is 2.05. The molecule has 2 aromatic heterocycles. The highest BCUT2D eigenvalue weighted by Crippen LogP contribution is 2.17. The Morgan fingerprint density at radius 2 is 2.29 bits per heavy atom. The van der Waals surface area contributed by atoms with Crippen molar-refractivity contribution in [2.45, 2.75) is 26.4 Å². The monoisotopic (exact) mass is 269 g/mol. The average molecular weight is 270 g/mol. The van der Waals surface area contributed by atoms with Gasteiger partial charge in [-0.05, 0) is 23.4 Å². The van der Waals surface area contributed by atoms with Crippen LogP contribution in [0.4, 0.5) is 0 Å². The standard InChI is InChI=1S/C12H16ClN3S/c1-3-9-4-5-17-10(9)6-14-8-12-15-7-11(13)16(12)2/h4-5,7,14H,3,6,8H2,1-2H3. The summed E-state index contributed by atoms with van der Waals surface area (Å²) in [6.45, 7) is 3.82. The second-order valence-electron chi connectivity index (χ2n) is 3.88. The van der Waals surface area contributed by atoms with Gasteiger partial charge in [0.05, 0.1) is 12.7 Å². The first-order valence-electron chi connectivity index (χ1n) is 5.64. The van der Waals surface area contributed by atoms with Crippen LogP contribution >= 0.6 is 22.9 Å². The highest BCUT2D eigenvalue weighted by atomic mass is 35.5. The molecule has 2 aromatic rings. The predicted octanol–water partition coefficient (Wildman–Crippen LogP) is 2.99. The van der Waals surface area contributed by atoms with Gasteiger partial charge in [0.25, 0.3) is 0 Å². The molecule has 2 rings (SSSR count). The zero-order chi connectivity index (χ0) is 12.3. The lowest BCUT2D eigenvalue weighted by molar-refractivity contribution is 0.641. The SMILES string of the molecule is CCc1ccsc1CNCc1ncc(Cl)n1C. The Hall–Kier alpha value is -0.840. The number of thiophene rings is 1. The quantitative estimate of drug-likeness (QED) is 0.904. The molecule has 17 heavy (non-hydrogen) atoms. The van der Waals surface area contributed by atoms with Crippen LogP contribution in [0.3, 0.4) is 0 Å². The highest BCUT2D eigenvalue weighted by molar-refractivity contribution is 7.10. The molecule has 0 unspecified atom stereocenters. The number of nitrogens with one attached hydrogen (secondary N) is 1. The number of hydrogen-bond donors (Lipinski definition) is 1. The Balaban J connectivity index is 1.90. The summed E-state index contributed by atoms with van der Waals surface area (Å²) in [6, 6.07) is 2.19. The first-order chi connectivity index (χ1) is 8.22. The normalized spacial score (nSPS) is 11.0. The minimum absolute atomic E-state index is 0.673. The van der Waals surface area contributed by atoms with Gasteiger partial charge in [-0.2, -0.15) is 0 Å². The molecule has 0 saturated heterocycles. The van der Waals surface area contributed by atoms with E-state index in [4.69, 9.17) is 11.6 Å². The van der Waals surface area contributed by atoms with Crippen molar-refractivity contribution in [3.63, 3.8) is 0 Å². The Bertz CT molecular complexity index is 490. The Morgan fingerprint density at radius 3 is 2.94 bits per heavy atom. The summed E-state index contributed by atoms with van der Waals surface area (Å²) >= 11 is 7.73. The van der Waals surface area contributed by atoms with E-state index in [1.807, 2.05) is 11.6 Å². The zero-order valence-corrected chi connectivity index (χ0v) is 11.6. The minimum atomic E-state index is 0.673. The van der Waals surface area contributed by atoms with Crippen molar-refractivity contribution in [2.75, 3.05) is 0 Å². The van der Waals surface area contributed by atoms with Crippen molar-refractivity contribution in [1.29, 1.82) is 0 Å². The molecule has 0 atom stereocenters. The third kappa shape index (κ3) is 2.89. The van der Waals surface area contributed by atoms with E-state index < -0.39 is 0 Å². The van der Waals surface area contributed by atoms with E-state index in [0.717, 1.165) is 25.3 Å². The van der Waals surface area contributed by atoms with Crippen LogP contribution in [0.1, 0.15) is 23.2 Å². The van der Waals surface area contributed by atoms with Crippen molar-refractivity contribution in [3.8, 4) is 0 Å². The number of aromatic nitrogens is 2. The number of aryl methyl sites for hydroxylation is 1.